The van der Waals surface area contributed by atoms with Crippen molar-refractivity contribution in [1.29, 1.82) is 0 Å². The van der Waals surface area contributed by atoms with E-state index >= 15 is 0 Å². The number of nitrogens with one attached hydrogen (secondary N) is 1. The van der Waals surface area contributed by atoms with Gasteiger partial charge in [-0.05, 0) is 25.7 Å². The molecule has 2 rings (SSSR count). The number of rotatable bonds is 3. The molecule has 1 atom stereocenters. The fourth-order valence-electron chi connectivity index (χ4n) is 3.63. The van der Waals surface area contributed by atoms with Crippen LogP contribution in [0.5, 0.6) is 0 Å². The SMILES string of the molecule is CC#CCCN1CC2(CCCC2)NCC1C(C)C. The van der Waals surface area contributed by atoms with E-state index in [9.17, 15) is 0 Å². The topological polar surface area (TPSA) is 15.3 Å². The van der Waals surface area contributed by atoms with E-state index in [1.165, 1.54) is 32.2 Å². The second-order valence-corrected chi connectivity index (χ2v) is 6.33. The Morgan fingerprint density at radius 3 is 2.67 bits per heavy atom. The highest BCUT2D eigenvalue weighted by Crippen LogP contribution is 2.34. The van der Waals surface area contributed by atoms with Crippen molar-refractivity contribution in [2.75, 3.05) is 19.6 Å². The van der Waals surface area contributed by atoms with E-state index in [4.69, 9.17) is 0 Å². The lowest BCUT2D eigenvalue weighted by Crippen LogP contribution is -2.64. The maximum Gasteiger partial charge on any atom is 0.0309 e. The van der Waals surface area contributed by atoms with E-state index in [0.717, 1.165) is 25.4 Å². The van der Waals surface area contributed by atoms with E-state index in [1.807, 2.05) is 6.92 Å². The summed E-state index contributed by atoms with van der Waals surface area (Å²) in [5.74, 6) is 6.97. The van der Waals surface area contributed by atoms with Gasteiger partial charge in [0, 0.05) is 37.6 Å². The summed E-state index contributed by atoms with van der Waals surface area (Å²) in [6.07, 6.45) is 6.57. The first-order valence-corrected chi connectivity index (χ1v) is 7.55. The third-order valence-corrected chi connectivity index (χ3v) is 4.69. The number of piperazine rings is 1. The maximum absolute atomic E-state index is 3.87. The molecule has 1 saturated heterocycles. The van der Waals surface area contributed by atoms with Gasteiger partial charge in [-0.1, -0.05) is 26.7 Å². The van der Waals surface area contributed by atoms with E-state index in [2.05, 4.69) is 35.9 Å². The molecule has 0 bridgehead atoms. The molecule has 2 fully saturated rings. The first-order valence-electron chi connectivity index (χ1n) is 7.55. The largest absolute Gasteiger partial charge is 0.308 e. The minimum atomic E-state index is 0.436. The number of hydrogen-bond acceptors (Lipinski definition) is 2. The van der Waals surface area contributed by atoms with Gasteiger partial charge in [-0.15, -0.1) is 11.8 Å². The van der Waals surface area contributed by atoms with Crippen LogP contribution in [0.25, 0.3) is 0 Å². The van der Waals surface area contributed by atoms with Crippen molar-refractivity contribution in [3.63, 3.8) is 0 Å². The molecule has 102 valence electrons. The van der Waals surface area contributed by atoms with Crippen LogP contribution in [-0.4, -0.2) is 36.1 Å². The van der Waals surface area contributed by atoms with Crippen molar-refractivity contribution in [2.45, 2.75) is 64.5 Å². The van der Waals surface area contributed by atoms with Crippen LogP contribution in [0.2, 0.25) is 0 Å². The van der Waals surface area contributed by atoms with Crippen LogP contribution in [0.4, 0.5) is 0 Å². The van der Waals surface area contributed by atoms with Crippen LogP contribution in [0.3, 0.4) is 0 Å². The summed E-state index contributed by atoms with van der Waals surface area (Å²) < 4.78 is 0. The molecule has 1 aliphatic heterocycles. The van der Waals surface area contributed by atoms with Gasteiger partial charge in [0.25, 0.3) is 0 Å². The summed E-state index contributed by atoms with van der Waals surface area (Å²) in [6.45, 7) is 10.2. The third kappa shape index (κ3) is 3.08. The second-order valence-electron chi connectivity index (χ2n) is 6.33. The van der Waals surface area contributed by atoms with E-state index < -0.39 is 0 Å². The Balaban J connectivity index is 1.99. The van der Waals surface area contributed by atoms with Gasteiger partial charge >= 0.3 is 0 Å². The molecule has 0 aromatic rings. The molecule has 0 radical (unpaired) electrons. The molecule has 1 saturated carbocycles. The van der Waals surface area contributed by atoms with Crippen molar-refractivity contribution in [3.8, 4) is 11.8 Å². The normalized spacial score (nSPS) is 27.4. The minimum Gasteiger partial charge on any atom is -0.308 e. The molecule has 1 spiro atoms. The number of nitrogens with zero attached hydrogens (tertiary/aromatic N) is 1. The average molecular weight is 248 g/mol. The van der Waals surface area contributed by atoms with Gasteiger partial charge in [0.05, 0.1) is 0 Å². The Morgan fingerprint density at radius 2 is 2.06 bits per heavy atom. The first kappa shape index (κ1) is 13.9. The van der Waals surface area contributed by atoms with Gasteiger partial charge in [0.15, 0.2) is 0 Å². The zero-order valence-electron chi connectivity index (χ0n) is 12.3. The molecule has 2 nitrogen and oxygen atoms in total. The van der Waals surface area contributed by atoms with E-state index in [-0.39, 0.29) is 0 Å². The lowest BCUT2D eigenvalue weighted by Gasteiger charge is -2.47. The van der Waals surface area contributed by atoms with Gasteiger partial charge in [-0.2, -0.15) is 0 Å². The van der Waals surface area contributed by atoms with Gasteiger partial charge in [0.1, 0.15) is 0 Å². The molecular weight excluding hydrogens is 220 g/mol. The summed E-state index contributed by atoms with van der Waals surface area (Å²) in [7, 11) is 0. The van der Waals surface area contributed by atoms with Crippen molar-refractivity contribution in [2.24, 2.45) is 5.92 Å². The van der Waals surface area contributed by atoms with Crippen LogP contribution in [0.1, 0.15) is 52.9 Å². The highest BCUT2D eigenvalue weighted by molar-refractivity contribution is 5.03. The maximum atomic E-state index is 3.87. The van der Waals surface area contributed by atoms with Crippen molar-refractivity contribution in [3.05, 3.63) is 0 Å². The quantitative estimate of drug-likeness (QED) is 0.773. The Labute approximate surface area is 113 Å². The van der Waals surface area contributed by atoms with Crippen LogP contribution in [-0.2, 0) is 0 Å². The average Bonchev–Trinajstić information content (AvgIpc) is 2.77. The lowest BCUT2D eigenvalue weighted by molar-refractivity contribution is 0.0590. The van der Waals surface area contributed by atoms with Crippen LogP contribution in [0, 0.1) is 17.8 Å². The Bertz CT molecular complexity index is 318. The Kier molecular flexibility index (Phi) is 4.70. The Morgan fingerprint density at radius 1 is 1.33 bits per heavy atom. The molecule has 18 heavy (non-hydrogen) atoms. The van der Waals surface area contributed by atoms with Gasteiger partial charge < -0.3 is 5.32 Å². The van der Waals surface area contributed by atoms with Crippen LogP contribution >= 0.6 is 0 Å². The fourth-order valence-corrected chi connectivity index (χ4v) is 3.63. The molecule has 1 heterocycles. The fraction of sp³-hybridized carbons (Fsp3) is 0.875. The van der Waals surface area contributed by atoms with E-state index in [0.29, 0.717) is 11.6 Å². The molecular formula is C16H28N2. The molecule has 0 amide bonds. The highest BCUT2D eigenvalue weighted by Gasteiger charge is 2.41. The summed E-state index contributed by atoms with van der Waals surface area (Å²) >= 11 is 0. The summed E-state index contributed by atoms with van der Waals surface area (Å²) in [5.41, 5.74) is 0.436. The predicted octanol–water partition coefficient (Wildman–Crippen LogP) is 2.64. The lowest BCUT2D eigenvalue weighted by atomic mass is 9.89. The second kappa shape index (κ2) is 6.08. The monoisotopic (exact) mass is 248 g/mol. The first-order chi connectivity index (χ1) is 8.67. The van der Waals surface area contributed by atoms with Crippen molar-refractivity contribution < 1.29 is 0 Å². The van der Waals surface area contributed by atoms with E-state index in [1.54, 1.807) is 0 Å². The molecule has 0 aromatic heterocycles. The zero-order valence-corrected chi connectivity index (χ0v) is 12.3. The van der Waals surface area contributed by atoms with Crippen molar-refractivity contribution in [1.82, 2.24) is 10.2 Å². The molecule has 1 aliphatic carbocycles. The molecule has 0 aromatic carbocycles. The summed E-state index contributed by atoms with van der Waals surface area (Å²) in [4.78, 5) is 2.71. The highest BCUT2D eigenvalue weighted by atomic mass is 15.3. The van der Waals surface area contributed by atoms with Gasteiger partial charge in [0.2, 0.25) is 0 Å². The standard InChI is InChI=1S/C16H28N2/c1-4-5-8-11-18-13-16(9-6-7-10-16)17-12-15(18)14(2)3/h14-15,17H,6-13H2,1-3H3. The third-order valence-electron chi connectivity index (χ3n) is 4.69. The smallest absolute Gasteiger partial charge is 0.0309 e. The molecule has 1 unspecified atom stereocenters. The zero-order chi connectivity index (χ0) is 13.0. The molecule has 2 aliphatic rings. The predicted molar refractivity (Wildman–Crippen MR) is 77.5 cm³/mol. The van der Waals surface area contributed by atoms with Gasteiger partial charge in [-0.25, -0.2) is 0 Å². The van der Waals surface area contributed by atoms with Gasteiger partial charge in [-0.3, -0.25) is 4.90 Å². The molecule has 2 heteroatoms. The van der Waals surface area contributed by atoms with Crippen molar-refractivity contribution >= 4 is 0 Å². The Hall–Kier alpha value is -0.520. The van der Waals surface area contributed by atoms with Crippen LogP contribution in [0.15, 0.2) is 0 Å². The molecule has 1 N–H and O–H groups in total. The minimum absolute atomic E-state index is 0.436. The summed E-state index contributed by atoms with van der Waals surface area (Å²) in [6, 6.07) is 0.690. The van der Waals surface area contributed by atoms with Crippen LogP contribution < -0.4 is 5.32 Å². The number of hydrogen-bond donors (Lipinski definition) is 1. The summed E-state index contributed by atoms with van der Waals surface area (Å²) in [5, 5.41) is 3.87.